The minimum atomic E-state index is -0.718. The van der Waals surface area contributed by atoms with Crippen LogP contribution in [0.25, 0.3) is 11.0 Å². The molecular formula is C27H30FN7O3. The van der Waals surface area contributed by atoms with Gasteiger partial charge in [-0.15, -0.1) is 0 Å². The Balaban J connectivity index is 1.53. The number of anilines is 1. The van der Waals surface area contributed by atoms with Crippen molar-refractivity contribution in [1.29, 1.82) is 0 Å². The number of benzene rings is 1. The van der Waals surface area contributed by atoms with Crippen LogP contribution in [0.3, 0.4) is 0 Å². The van der Waals surface area contributed by atoms with Crippen LogP contribution in [0.5, 0.6) is 0 Å². The Labute approximate surface area is 219 Å². The van der Waals surface area contributed by atoms with Crippen molar-refractivity contribution >= 4 is 28.7 Å². The zero-order valence-electron chi connectivity index (χ0n) is 21.6. The average Bonchev–Trinajstić information content (AvgIpc) is 3.42. The molecule has 5 rings (SSSR count). The molecule has 1 saturated carbocycles. The fraction of sp³-hybridized carbons (Fsp3) is 0.407. The monoisotopic (exact) mass is 519 g/mol. The van der Waals surface area contributed by atoms with Crippen LogP contribution in [-0.4, -0.2) is 69.4 Å². The maximum absolute atomic E-state index is 15.0. The third kappa shape index (κ3) is 4.41. The van der Waals surface area contributed by atoms with Crippen molar-refractivity contribution in [3.8, 4) is 11.8 Å². The number of methoxy groups -OCH3 is 1. The van der Waals surface area contributed by atoms with Crippen LogP contribution in [-0.2, 0) is 16.6 Å². The normalized spacial score (nSPS) is 18.9. The standard InChI is InChI=1S/C27H30FN7O3/c1-5-23(36)34-13-17(11-18(34)14-38-4)35-27(30-2)24(25(29)37)20(32-35)9-8-16-10-21-22(12-19(16)28)33(3)26(31-21)15-6-7-15/h5,10,12,15,17-18,30H,1,6-7,11,13-14H2,2-4H3,(H2,29,37)/t17-,18+/m0/s1. The van der Waals surface area contributed by atoms with Gasteiger partial charge in [-0.1, -0.05) is 12.5 Å². The second-order valence-electron chi connectivity index (χ2n) is 9.70. The number of hydrogen-bond donors (Lipinski definition) is 2. The lowest BCUT2D eigenvalue weighted by molar-refractivity contribution is -0.127. The number of likely N-dealkylation sites (tertiary alicyclic amines) is 1. The summed E-state index contributed by atoms with van der Waals surface area (Å²) in [4.78, 5) is 31.2. The summed E-state index contributed by atoms with van der Waals surface area (Å²) in [5, 5.41) is 7.59. The number of amides is 2. The number of fused-ring (bicyclic) bond motifs is 1. The predicted molar refractivity (Wildman–Crippen MR) is 140 cm³/mol. The number of nitrogens with two attached hydrogens (primary N) is 1. The third-order valence-electron chi connectivity index (χ3n) is 7.21. The molecule has 38 heavy (non-hydrogen) atoms. The largest absolute Gasteiger partial charge is 0.383 e. The summed E-state index contributed by atoms with van der Waals surface area (Å²) in [6, 6.07) is 2.60. The second-order valence-corrected chi connectivity index (χ2v) is 9.70. The third-order valence-corrected chi connectivity index (χ3v) is 7.21. The van der Waals surface area contributed by atoms with Crippen LogP contribution in [0.15, 0.2) is 24.8 Å². The molecule has 2 fully saturated rings. The predicted octanol–water partition coefficient (Wildman–Crippen LogP) is 2.30. The molecule has 1 aromatic carbocycles. The number of ether oxygens (including phenoxy) is 1. The van der Waals surface area contributed by atoms with E-state index in [0.717, 1.165) is 18.7 Å². The van der Waals surface area contributed by atoms with Gasteiger partial charge in [0.25, 0.3) is 5.91 Å². The first-order chi connectivity index (χ1) is 18.3. The Morgan fingerprint density at radius 3 is 2.74 bits per heavy atom. The van der Waals surface area contributed by atoms with Crippen LogP contribution in [0.4, 0.5) is 10.2 Å². The van der Waals surface area contributed by atoms with E-state index in [9.17, 15) is 9.59 Å². The van der Waals surface area contributed by atoms with Gasteiger partial charge in [-0.3, -0.25) is 9.59 Å². The highest BCUT2D eigenvalue weighted by Gasteiger charge is 2.38. The molecule has 1 aliphatic heterocycles. The molecule has 0 radical (unpaired) electrons. The summed E-state index contributed by atoms with van der Waals surface area (Å²) < 4.78 is 23.9. The van der Waals surface area contributed by atoms with E-state index in [2.05, 4.69) is 33.8 Å². The fourth-order valence-corrected chi connectivity index (χ4v) is 5.23. The second kappa shape index (κ2) is 9.95. The molecule has 1 saturated heterocycles. The van der Waals surface area contributed by atoms with E-state index >= 15 is 4.39 Å². The summed E-state index contributed by atoms with van der Waals surface area (Å²) >= 11 is 0. The molecule has 2 amide bonds. The van der Waals surface area contributed by atoms with Crippen molar-refractivity contribution in [1.82, 2.24) is 24.2 Å². The summed E-state index contributed by atoms with van der Waals surface area (Å²) in [6.07, 6.45) is 3.99. The van der Waals surface area contributed by atoms with Crippen molar-refractivity contribution in [2.24, 2.45) is 12.8 Å². The first-order valence-electron chi connectivity index (χ1n) is 12.5. The first-order valence-corrected chi connectivity index (χ1v) is 12.5. The molecule has 3 N–H and O–H groups in total. The minimum absolute atomic E-state index is 0.104. The maximum Gasteiger partial charge on any atom is 0.255 e. The van der Waals surface area contributed by atoms with Crippen LogP contribution >= 0.6 is 0 Å². The number of carbonyl (C=O) groups is 2. The number of imidazole rings is 1. The number of hydrogen-bond acceptors (Lipinski definition) is 6. The van der Waals surface area contributed by atoms with E-state index in [1.165, 1.54) is 12.1 Å². The van der Waals surface area contributed by atoms with Crippen LogP contribution in [0.2, 0.25) is 0 Å². The number of nitrogens with zero attached hydrogens (tertiary/aromatic N) is 5. The van der Waals surface area contributed by atoms with Gasteiger partial charge < -0.3 is 25.3 Å². The van der Waals surface area contributed by atoms with Crippen LogP contribution in [0, 0.1) is 17.7 Å². The number of carbonyl (C=O) groups excluding carboxylic acids is 2. The number of aromatic nitrogens is 4. The van der Waals surface area contributed by atoms with Gasteiger partial charge >= 0.3 is 0 Å². The molecule has 2 atom stereocenters. The van der Waals surface area contributed by atoms with Gasteiger partial charge in [0.2, 0.25) is 5.91 Å². The number of nitrogens with one attached hydrogen (secondary N) is 1. The Morgan fingerprint density at radius 1 is 1.34 bits per heavy atom. The lowest BCUT2D eigenvalue weighted by Gasteiger charge is -2.22. The highest BCUT2D eigenvalue weighted by atomic mass is 19.1. The number of rotatable bonds is 7. The van der Waals surface area contributed by atoms with E-state index in [4.69, 9.17) is 10.5 Å². The van der Waals surface area contributed by atoms with Crippen LogP contribution < -0.4 is 11.1 Å². The van der Waals surface area contributed by atoms with E-state index in [1.54, 1.807) is 29.8 Å². The van der Waals surface area contributed by atoms with Crippen molar-refractivity contribution in [3.63, 3.8) is 0 Å². The molecule has 3 aromatic rings. The van der Waals surface area contributed by atoms with E-state index in [1.807, 2.05) is 11.6 Å². The van der Waals surface area contributed by atoms with Gasteiger partial charge in [-0.25, -0.2) is 14.1 Å². The summed E-state index contributed by atoms with van der Waals surface area (Å²) in [5.41, 5.74) is 7.47. The zero-order chi connectivity index (χ0) is 27.1. The molecule has 2 aliphatic rings. The Hall–Kier alpha value is -4.17. The molecule has 3 heterocycles. The minimum Gasteiger partial charge on any atom is -0.383 e. The molecule has 198 valence electrons. The van der Waals surface area contributed by atoms with E-state index in [-0.39, 0.29) is 34.8 Å². The lowest BCUT2D eigenvalue weighted by Crippen LogP contribution is -2.37. The zero-order valence-corrected chi connectivity index (χ0v) is 21.6. The van der Waals surface area contributed by atoms with Crippen molar-refractivity contribution in [3.05, 3.63) is 53.3 Å². The Morgan fingerprint density at radius 2 is 2.11 bits per heavy atom. The Kier molecular flexibility index (Phi) is 6.67. The molecule has 0 spiro atoms. The van der Waals surface area contributed by atoms with Gasteiger partial charge in [0.05, 0.1) is 35.3 Å². The SMILES string of the molecule is C=CC(=O)N1C[C@@H](n2nc(C#Cc3cc4nc(C5CC5)n(C)c4cc3F)c(C(N)=O)c2NC)C[C@@H]1COC. The first kappa shape index (κ1) is 25.5. The Bertz CT molecular complexity index is 1510. The molecule has 2 aromatic heterocycles. The van der Waals surface area contributed by atoms with E-state index < -0.39 is 11.7 Å². The maximum atomic E-state index is 15.0. The molecule has 0 bridgehead atoms. The van der Waals surface area contributed by atoms with Gasteiger partial charge in [0, 0.05) is 39.7 Å². The summed E-state index contributed by atoms with van der Waals surface area (Å²) in [7, 11) is 5.12. The topological polar surface area (TPSA) is 120 Å². The molecule has 10 nitrogen and oxygen atoms in total. The smallest absolute Gasteiger partial charge is 0.255 e. The highest BCUT2D eigenvalue weighted by molar-refractivity contribution is 6.00. The van der Waals surface area contributed by atoms with Gasteiger partial charge in [0.1, 0.15) is 23.0 Å². The highest BCUT2D eigenvalue weighted by Crippen LogP contribution is 2.40. The van der Waals surface area contributed by atoms with Crippen molar-refractivity contribution in [2.45, 2.75) is 37.3 Å². The molecule has 1 aliphatic carbocycles. The molecule has 11 heteroatoms. The number of halogens is 1. The van der Waals surface area contributed by atoms with Gasteiger partial charge in [0.15, 0.2) is 5.69 Å². The van der Waals surface area contributed by atoms with Gasteiger partial charge in [-0.05, 0) is 37.3 Å². The average molecular weight is 520 g/mol. The molecular weight excluding hydrogens is 489 g/mol. The van der Waals surface area contributed by atoms with Gasteiger partial charge in [-0.2, -0.15) is 5.10 Å². The van der Waals surface area contributed by atoms with Crippen molar-refractivity contribution < 1.29 is 18.7 Å². The number of primary amides is 1. The summed E-state index contributed by atoms with van der Waals surface area (Å²) in [6.45, 7) is 4.28. The van der Waals surface area contributed by atoms with E-state index in [0.29, 0.717) is 42.3 Å². The van der Waals surface area contributed by atoms with Crippen molar-refractivity contribution in [2.75, 3.05) is 32.6 Å². The number of aryl methyl sites for hydroxylation is 1. The molecule has 0 unspecified atom stereocenters. The fourth-order valence-electron chi connectivity index (χ4n) is 5.23. The lowest BCUT2D eigenvalue weighted by atomic mass is 10.1. The summed E-state index contributed by atoms with van der Waals surface area (Å²) in [5.74, 6) is 6.01. The quantitative estimate of drug-likeness (QED) is 0.365. The van der Waals surface area contributed by atoms with Crippen LogP contribution in [0.1, 0.15) is 58.7 Å².